The highest BCUT2D eigenvalue weighted by atomic mass is 35.5. The van der Waals surface area contributed by atoms with Crippen LogP contribution in [0, 0.1) is 0 Å². The number of hydrogen-bond donors (Lipinski definition) is 0. The van der Waals surface area contributed by atoms with Crippen LogP contribution in [0.1, 0.15) is 31.1 Å². The molecule has 1 heterocycles. The van der Waals surface area contributed by atoms with Crippen molar-refractivity contribution in [3.8, 4) is 0 Å². The van der Waals surface area contributed by atoms with Crippen molar-refractivity contribution in [2.75, 3.05) is 24.5 Å². The average molecular weight is 533 g/mol. The largest absolute Gasteiger partial charge is 0.460 e. The highest BCUT2D eigenvalue weighted by molar-refractivity contribution is 7.93. The molecule has 0 saturated heterocycles. The zero-order valence-electron chi connectivity index (χ0n) is 18.3. The van der Waals surface area contributed by atoms with Crippen LogP contribution in [0.4, 0.5) is 5.69 Å². The van der Waals surface area contributed by atoms with Gasteiger partial charge in [0.05, 0.1) is 33.9 Å². The molecule has 3 aromatic carbocycles. The minimum Gasteiger partial charge on any atom is -0.460 e. The molecule has 0 aromatic heterocycles. The summed E-state index contributed by atoms with van der Waals surface area (Å²) >= 11 is 12.0. The third kappa shape index (κ3) is 4.75. The first-order valence-electron chi connectivity index (χ1n) is 10.3. The summed E-state index contributed by atoms with van der Waals surface area (Å²) in [4.78, 5) is 38.1. The van der Waals surface area contributed by atoms with Crippen molar-refractivity contribution < 1.29 is 27.5 Å². The summed E-state index contributed by atoms with van der Waals surface area (Å²) in [5, 5.41) is 0.372. The third-order valence-electron chi connectivity index (χ3n) is 5.42. The van der Waals surface area contributed by atoms with Crippen LogP contribution < -0.4 is 4.31 Å². The highest BCUT2D eigenvalue weighted by Crippen LogP contribution is 2.29. The minimum absolute atomic E-state index is 0.0557. The van der Waals surface area contributed by atoms with Gasteiger partial charge < -0.3 is 4.74 Å². The van der Waals surface area contributed by atoms with Gasteiger partial charge in [-0.1, -0.05) is 35.3 Å². The molecule has 0 aliphatic carbocycles. The first-order chi connectivity index (χ1) is 16.6. The van der Waals surface area contributed by atoms with Crippen molar-refractivity contribution in [3.05, 3.63) is 93.5 Å². The number of rotatable bonds is 7. The van der Waals surface area contributed by atoms with E-state index in [9.17, 15) is 22.8 Å². The maximum absolute atomic E-state index is 13.2. The number of carbonyl (C=O) groups is 3. The van der Waals surface area contributed by atoms with Gasteiger partial charge in [-0.2, -0.15) is 0 Å². The fourth-order valence-corrected chi connectivity index (χ4v) is 5.34. The Kier molecular flexibility index (Phi) is 6.84. The van der Waals surface area contributed by atoms with Gasteiger partial charge in [-0.3, -0.25) is 18.8 Å². The fraction of sp³-hybridized carbons (Fsp3) is 0.125. The van der Waals surface area contributed by atoms with E-state index in [1.165, 1.54) is 31.3 Å². The van der Waals surface area contributed by atoms with Crippen LogP contribution in [-0.4, -0.2) is 51.3 Å². The second-order valence-corrected chi connectivity index (χ2v) is 10.3. The second-order valence-electron chi connectivity index (χ2n) is 7.54. The number of amides is 2. The van der Waals surface area contributed by atoms with Crippen molar-refractivity contribution in [3.63, 3.8) is 0 Å². The van der Waals surface area contributed by atoms with Gasteiger partial charge in [0, 0.05) is 12.1 Å². The Morgan fingerprint density at radius 3 is 2.14 bits per heavy atom. The molecule has 1 aliphatic heterocycles. The number of nitrogens with zero attached hydrogens (tertiary/aromatic N) is 2. The lowest BCUT2D eigenvalue weighted by Gasteiger charge is -2.20. The molecule has 0 radical (unpaired) electrons. The van der Waals surface area contributed by atoms with Crippen LogP contribution in [0.3, 0.4) is 0 Å². The number of benzene rings is 3. The number of imide groups is 1. The van der Waals surface area contributed by atoms with E-state index < -0.39 is 27.8 Å². The predicted molar refractivity (Wildman–Crippen MR) is 131 cm³/mol. The van der Waals surface area contributed by atoms with Gasteiger partial charge in [-0.25, -0.2) is 13.2 Å². The minimum atomic E-state index is -4.12. The Morgan fingerprint density at radius 2 is 1.54 bits per heavy atom. The molecule has 0 fully saturated rings. The van der Waals surface area contributed by atoms with E-state index in [1.807, 2.05) is 0 Å². The molecule has 8 nitrogen and oxygen atoms in total. The van der Waals surface area contributed by atoms with Crippen molar-refractivity contribution in [2.24, 2.45) is 0 Å². The SMILES string of the molecule is CN(c1ccc(Cl)cc1)S(=O)(=O)c1cc(C(=O)OCCN2C(=O)c3ccccc3C2=O)ccc1Cl. The maximum atomic E-state index is 13.2. The first kappa shape index (κ1) is 24.7. The molecular formula is C24H18Cl2N2O6S. The van der Waals surface area contributed by atoms with Crippen molar-refractivity contribution in [1.82, 2.24) is 4.90 Å². The zero-order chi connectivity index (χ0) is 25.3. The summed E-state index contributed by atoms with van der Waals surface area (Å²) in [5.41, 5.74) is 0.876. The van der Waals surface area contributed by atoms with Gasteiger partial charge in [0.2, 0.25) is 0 Å². The molecule has 0 N–H and O–H groups in total. The molecule has 0 bridgehead atoms. The van der Waals surface area contributed by atoms with Gasteiger partial charge in [0.15, 0.2) is 0 Å². The van der Waals surface area contributed by atoms with Gasteiger partial charge in [-0.15, -0.1) is 0 Å². The Hall–Kier alpha value is -3.40. The first-order valence-corrected chi connectivity index (χ1v) is 12.5. The van der Waals surface area contributed by atoms with Crippen LogP contribution in [-0.2, 0) is 14.8 Å². The van der Waals surface area contributed by atoms with Crippen LogP contribution in [0.5, 0.6) is 0 Å². The van der Waals surface area contributed by atoms with E-state index in [2.05, 4.69) is 0 Å². The summed E-state index contributed by atoms with van der Waals surface area (Å²) in [7, 11) is -2.77. The molecule has 11 heteroatoms. The number of hydrogen-bond acceptors (Lipinski definition) is 6. The normalized spacial score (nSPS) is 13.1. The van der Waals surface area contributed by atoms with Gasteiger partial charge in [-0.05, 0) is 54.6 Å². The lowest BCUT2D eigenvalue weighted by Crippen LogP contribution is -2.33. The monoisotopic (exact) mass is 532 g/mol. The van der Waals surface area contributed by atoms with E-state index in [1.54, 1.807) is 36.4 Å². The maximum Gasteiger partial charge on any atom is 0.338 e. The summed E-state index contributed by atoms with van der Waals surface area (Å²) < 4.78 is 32.5. The Bertz CT molecular complexity index is 1410. The van der Waals surface area contributed by atoms with E-state index >= 15 is 0 Å². The average Bonchev–Trinajstić information content (AvgIpc) is 3.09. The molecule has 0 unspecified atom stereocenters. The number of fused-ring (bicyclic) bond motifs is 1. The van der Waals surface area contributed by atoms with E-state index in [4.69, 9.17) is 27.9 Å². The van der Waals surface area contributed by atoms with Crippen molar-refractivity contribution in [2.45, 2.75) is 4.90 Å². The molecule has 2 amide bonds. The molecule has 35 heavy (non-hydrogen) atoms. The van der Waals surface area contributed by atoms with Crippen LogP contribution in [0.25, 0.3) is 0 Å². The molecule has 0 saturated carbocycles. The molecule has 1 aliphatic rings. The molecule has 3 aromatic rings. The summed E-state index contributed by atoms with van der Waals surface area (Å²) in [6.07, 6.45) is 0. The number of halogens is 2. The van der Waals surface area contributed by atoms with Crippen LogP contribution in [0.2, 0.25) is 10.0 Å². The molecule has 180 valence electrons. The summed E-state index contributed by atoms with van der Waals surface area (Å²) in [6, 6.07) is 16.3. The topological polar surface area (TPSA) is 101 Å². The van der Waals surface area contributed by atoms with E-state index in [-0.39, 0.29) is 28.6 Å². The number of anilines is 1. The smallest absolute Gasteiger partial charge is 0.338 e. The van der Waals surface area contributed by atoms with Gasteiger partial charge >= 0.3 is 5.97 Å². The summed E-state index contributed by atoms with van der Waals surface area (Å²) in [6.45, 7) is -0.407. The van der Waals surface area contributed by atoms with Gasteiger partial charge in [0.1, 0.15) is 11.5 Å². The standard InChI is InChI=1S/C24H18Cl2N2O6S/c1-27(17-9-7-16(25)8-10-17)35(32,33)21-14-15(6-11-20(21)26)24(31)34-13-12-28-22(29)18-4-2-3-5-19(18)23(28)30/h2-11,14H,12-13H2,1H3. The molecule has 0 spiro atoms. The number of ether oxygens (including phenoxy) is 1. The zero-order valence-corrected chi connectivity index (χ0v) is 20.6. The van der Waals surface area contributed by atoms with Crippen molar-refractivity contribution in [1.29, 1.82) is 0 Å². The van der Waals surface area contributed by atoms with Crippen LogP contribution >= 0.6 is 23.2 Å². The molecule has 0 atom stereocenters. The van der Waals surface area contributed by atoms with E-state index in [0.717, 1.165) is 15.3 Å². The molecular weight excluding hydrogens is 515 g/mol. The third-order valence-corrected chi connectivity index (χ3v) is 7.94. The Balaban J connectivity index is 1.47. The summed E-state index contributed by atoms with van der Waals surface area (Å²) in [5.74, 6) is -1.76. The molecule has 4 rings (SSSR count). The second kappa shape index (κ2) is 9.69. The number of esters is 1. The highest BCUT2D eigenvalue weighted by Gasteiger charge is 2.35. The van der Waals surface area contributed by atoms with Gasteiger partial charge in [0.25, 0.3) is 21.8 Å². The Labute approximate surface area is 211 Å². The fourth-order valence-electron chi connectivity index (χ4n) is 3.52. The Morgan fingerprint density at radius 1 is 0.943 bits per heavy atom. The lowest BCUT2D eigenvalue weighted by molar-refractivity contribution is 0.0420. The van der Waals surface area contributed by atoms with E-state index in [0.29, 0.717) is 21.8 Å². The number of carbonyl (C=O) groups excluding carboxylic acids is 3. The van der Waals surface area contributed by atoms with Crippen LogP contribution in [0.15, 0.2) is 71.6 Å². The lowest BCUT2D eigenvalue weighted by atomic mass is 10.1. The predicted octanol–water partition coefficient (Wildman–Crippen LogP) is 4.27. The van der Waals surface area contributed by atoms with Crippen molar-refractivity contribution >= 4 is 56.7 Å². The quantitative estimate of drug-likeness (QED) is 0.332. The number of sulfonamides is 1.